The molecule has 0 aromatic rings. The number of hydrogen-bond acceptors (Lipinski definition) is 8. The van der Waals surface area contributed by atoms with Crippen molar-refractivity contribution in [1.29, 1.82) is 0 Å². The van der Waals surface area contributed by atoms with Crippen molar-refractivity contribution in [3.05, 3.63) is 0 Å². The predicted octanol–water partition coefficient (Wildman–Crippen LogP) is 6.91. The van der Waals surface area contributed by atoms with Crippen molar-refractivity contribution in [1.82, 2.24) is 40.9 Å². The Labute approximate surface area is 351 Å². The largest absolute Gasteiger partial charge is 0.340 e. The fraction of sp³-hybridized carbons (Fsp3) is 0.957. The predicted molar refractivity (Wildman–Crippen MR) is 240 cm³/mol. The zero-order chi connectivity index (χ0) is 43.2. The summed E-state index contributed by atoms with van der Waals surface area (Å²) in [7, 11) is 2.31. The Morgan fingerprint density at radius 1 is 0.439 bits per heavy atom. The number of carbonyl (C=O) groups excluding carboxylic acids is 2. The lowest BCUT2D eigenvalue weighted by atomic mass is 9.78. The van der Waals surface area contributed by atoms with Crippen molar-refractivity contribution in [2.24, 2.45) is 0 Å². The highest BCUT2D eigenvalue weighted by Crippen LogP contribution is 2.36. The van der Waals surface area contributed by atoms with Crippen molar-refractivity contribution < 1.29 is 9.59 Å². The van der Waals surface area contributed by atoms with E-state index in [1.54, 1.807) is 6.92 Å². The first-order valence-corrected chi connectivity index (χ1v) is 22.9. The lowest BCUT2D eigenvalue weighted by molar-refractivity contribution is -0.138. The molecule has 10 heteroatoms. The summed E-state index contributed by atoms with van der Waals surface area (Å²) in [5.41, 5.74) is -0.109. The number of rotatable bonds is 14. The summed E-state index contributed by atoms with van der Waals surface area (Å²) in [5.74, 6) is 0.385. The maximum Gasteiger partial charge on any atom is 0.237 e. The van der Waals surface area contributed by atoms with Crippen LogP contribution in [0.5, 0.6) is 0 Å². The highest BCUT2D eigenvalue weighted by atomic mass is 16.2. The van der Waals surface area contributed by atoms with E-state index in [-0.39, 0.29) is 68.2 Å². The molecule has 2 amide bonds. The van der Waals surface area contributed by atoms with E-state index in [1.807, 2.05) is 0 Å². The molecular formula is C47H92N8O2. The molecule has 4 N–H and O–H groups in total. The van der Waals surface area contributed by atoms with Gasteiger partial charge in [0, 0.05) is 95.0 Å². The van der Waals surface area contributed by atoms with Crippen LogP contribution in [-0.4, -0.2) is 140 Å². The van der Waals surface area contributed by atoms with Gasteiger partial charge in [-0.2, -0.15) is 0 Å². The average molecular weight is 801 g/mol. The molecule has 0 aromatic carbocycles. The van der Waals surface area contributed by atoms with Gasteiger partial charge in [-0.15, -0.1) is 0 Å². The molecule has 0 unspecified atom stereocenters. The summed E-state index contributed by atoms with van der Waals surface area (Å²) in [6.07, 6.45) is 9.79. The molecule has 0 radical (unpaired) electrons. The molecule has 4 saturated heterocycles. The molecule has 0 atom stereocenters. The highest BCUT2D eigenvalue weighted by molar-refractivity contribution is 5.79. The number of piperidine rings is 4. The van der Waals surface area contributed by atoms with Gasteiger partial charge in [-0.25, -0.2) is 0 Å². The zero-order valence-corrected chi connectivity index (χ0v) is 40.5. The molecule has 332 valence electrons. The Morgan fingerprint density at radius 3 is 1.11 bits per heavy atom. The minimum Gasteiger partial charge on any atom is -0.340 e. The Morgan fingerprint density at radius 2 is 0.737 bits per heavy atom. The van der Waals surface area contributed by atoms with Crippen LogP contribution in [0.2, 0.25) is 0 Å². The molecule has 4 fully saturated rings. The van der Waals surface area contributed by atoms with Crippen molar-refractivity contribution in [3.63, 3.8) is 0 Å². The van der Waals surface area contributed by atoms with Crippen molar-refractivity contribution in [3.8, 4) is 0 Å². The van der Waals surface area contributed by atoms with Crippen molar-refractivity contribution >= 4 is 11.8 Å². The zero-order valence-electron chi connectivity index (χ0n) is 40.5. The number of nitrogens with one attached hydrogen (secondary N) is 4. The van der Waals surface area contributed by atoms with Crippen LogP contribution in [-0.2, 0) is 9.59 Å². The highest BCUT2D eigenvalue weighted by Gasteiger charge is 2.45. The quantitative estimate of drug-likeness (QED) is 0.151. The molecule has 4 aliphatic heterocycles. The second kappa shape index (κ2) is 17.2. The van der Waals surface area contributed by atoms with Gasteiger partial charge in [-0.3, -0.25) is 14.5 Å². The summed E-state index contributed by atoms with van der Waals surface area (Å²) in [4.78, 5) is 38.0. The Balaban J connectivity index is 1.57. The van der Waals surface area contributed by atoms with E-state index in [4.69, 9.17) is 0 Å². The van der Waals surface area contributed by atoms with E-state index in [9.17, 15) is 4.79 Å². The molecule has 57 heavy (non-hydrogen) atoms. The van der Waals surface area contributed by atoms with Crippen LogP contribution in [0.15, 0.2) is 0 Å². The molecule has 4 rings (SSSR count). The lowest BCUT2D eigenvalue weighted by Crippen LogP contribution is -2.65. The number of hydrogen-bond donors (Lipinski definition) is 4. The molecule has 0 aromatic heterocycles. The van der Waals surface area contributed by atoms with Gasteiger partial charge >= 0.3 is 0 Å². The van der Waals surface area contributed by atoms with Crippen LogP contribution in [0.3, 0.4) is 0 Å². The minimum absolute atomic E-state index is 0.0204. The normalized spacial score (nSPS) is 27.0. The number of nitrogens with zero attached hydrogens (tertiary/aromatic N) is 4. The first kappa shape index (κ1) is 48.4. The molecule has 10 nitrogen and oxygen atoms in total. The van der Waals surface area contributed by atoms with Crippen LogP contribution < -0.4 is 21.3 Å². The Kier molecular flexibility index (Phi) is 14.6. The van der Waals surface area contributed by atoms with Gasteiger partial charge in [0.05, 0.1) is 6.54 Å². The average Bonchev–Trinajstić information content (AvgIpc) is 2.93. The monoisotopic (exact) mass is 801 g/mol. The third kappa shape index (κ3) is 14.4. The van der Waals surface area contributed by atoms with Gasteiger partial charge in [0.1, 0.15) is 0 Å². The third-order valence-corrected chi connectivity index (χ3v) is 13.5. The molecule has 4 aliphatic rings. The Bertz CT molecular complexity index is 1320. The van der Waals surface area contributed by atoms with E-state index >= 15 is 4.79 Å². The maximum absolute atomic E-state index is 15.2. The summed E-state index contributed by atoms with van der Waals surface area (Å²) < 4.78 is 0. The maximum atomic E-state index is 15.2. The number of carbonyl (C=O) groups is 2. The fourth-order valence-electron chi connectivity index (χ4n) is 13.0. The standard InChI is InChI=1S/C47H92N8O2/c1-34(56)54(37-29-44(10,11)50-45(12,13)30-37)23-20-24-55(38-31-46(14,15)51-47(16,17)32-38)39(57)33-53(36-27-42(6,7)49-43(8,9)28-36)22-19-21-52(18)35-25-40(2,3)48-41(4,5)26-35/h35-38,48-51H,19-33H2,1-18H3. The summed E-state index contributed by atoms with van der Waals surface area (Å²) >= 11 is 0. The van der Waals surface area contributed by atoms with Crippen molar-refractivity contribution in [2.75, 3.05) is 39.8 Å². The number of amides is 2. The third-order valence-electron chi connectivity index (χ3n) is 13.5. The van der Waals surface area contributed by atoms with E-state index < -0.39 is 0 Å². The fourth-order valence-corrected chi connectivity index (χ4v) is 13.0. The second-order valence-electron chi connectivity index (χ2n) is 24.8. The first-order valence-electron chi connectivity index (χ1n) is 22.9. The molecule has 0 aliphatic carbocycles. The summed E-state index contributed by atoms with van der Waals surface area (Å²) in [6, 6.07) is 1.15. The van der Waals surface area contributed by atoms with Gasteiger partial charge in [-0.1, -0.05) is 0 Å². The summed E-state index contributed by atoms with van der Waals surface area (Å²) in [5, 5.41) is 15.4. The first-order chi connectivity index (χ1) is 25.7. The van der Waals surface area contributed by atoms with E-state index in [0.717, 1.165) is 77.3 Å². The molecule has 0 saturated carbocycles. The molecule has 0 spiro atoms. The lowest BCUT2D eigenvalue weighted by Gasteiger charge is -2.51. The smallest absolute Gasteiger partial charge is 0.237 e. The van der Waals surface area contributed by atoms with Crippen molar-refractivity contribution in [2.45, 2.75) is 250 Å². The second-order valence-corrected chi connectivity index (χ2v) is 24.8. The molecular weight excluding hydrogens is 709 g/mol. The molecule has 0 bridgehead atoms. The summed E-state index contributed by atoms with van der Waals surface area (Å²) in [6.45, 7) is 42.2. The van der Waals surface area contributed by atoms with E-state index in [1.165, 1.54) is 0 Å². The van der Waals surface area contributed by atoms with Gasteiger partial charge in [-0.05, 0) is 189 Å². The van der Waals surface area contributed by atoms with Gasteiger partial charge in [0.25, 0.3) is 0 Å². The van der Waals surface area contributed by atoms with Crippen LogP contribution >= 0.6 is 0 Å². The SMILES string of the molecule is CC(=O)N(CCCN(C(=O)CN(CCCN(C)C1CC(C)(C)NC(C)(C)C1)C1CC(C)(C)NC(C)(C)C1)C1CC(C)(C)NC(C)(C)C1)C1CC(C)(C)NC(C)(C)C1. The van der Waals surface area contributed by atoms with E-state index in [0.29, 0.717) is 31.7 Å². The van der Waals surface area contributed by atoms with Crippen LogP contribution in [0.4, 0.5) is 0 Å². The minimum atomic E-state index is -0.0895. The van der Waals surface area contributed by atoms with Gasteiger partial charge in [0.2, 0.25) is 11.8 Å². The Hall–Kier alpha value is -1.30. The van der Waals surface area contributed by atoms with E-state index in [2.05, 4.69) is 159 Å². The van der Waals surface area contributed by atoms with Crippen LogP contribution in [0.1, 0.15) is 182 Å². The van der Waals surface area contributed by atoms with Crippen LogP contribution in [0, 0.1) is 0 Å². The molecule has 4 heterocycles. The van der Waals surface area contributed by atoms with Gasteiger partial charge in [0.15, 0.2) is 0 Å². The van der Waals surface area contributed by atoms with Crippen LogP contribution in [0.25, 0.3) is 0 Å². The van der Waals surface area contributed by atoms with Gasteiger partial charge < -0.3 is 36.0 Å². The topological polar surface area (TPSA) is 95.2 Å².